The number of halogens is 1. The standard InChI is InChI=1S/C15H17BrN2O/c16-10-14-7-2-1-3-8-18(14)15(19)13-6-4-5-12(9-13)11-17/h4-6,9,14H,1-3,7-8,10H2. The zero-order chi connectivity index (χ0) is 13.7. The molecule has 1 aliphatic rings. The number of hydrogen-bond donors (Lipinski definition) is 0. The Bertz CT molecular complexity index is 495. The molecule has 1 fully saturated rings. The monoisotopic (exact) mass is 320 g/mol. The second kappa shape index (κ2) is 6.72. The molecule has 3 nitrogen and oxygen atoms in total. The zero-order valence-electron chi connectivity index (χ0n) is 10.8. The highest BCUT2D eigenvalue weighted by Gasteiger charge is 2.25. The van der Waals surface area contributed by atoms with Gasteiger partial charge in [-0.05, 0) is 31.0 Å². The van der Waals surface area contributed by atoms with Crippen LogP contribution in [0.25, 0.3) is 0 Å². The van der Waals surface area contributed by atoms with Crippen LogP contribution in [0.1, 0.15) is 41.6 Å². The summed E-state index contributed by atoms with van der Waals surface area (Å²) in [5.41, 5.74) is 1.16. The second-order valence-corrected chi connectivity index (χ2v) is 5.50. The van der Waals surface area contributed by atoms with E-state index in [0.29, 0.717) is 11.1 Å². The smallest absolute Gasteiger partial charge is 0.254 e. The molecule has 0 radical (unpaired) electrons. The van der Waals surface area contributed by atoms with E-state index in [4.69, 9.17) is 5.26 Å². The van der Waals surface area contributed by atoms with Crippen LogP contribution in [0.3, 0.4) is 0 Å². The van der Waals surface area contributed by atoms with Gasteiger partial charge in [0.25, 0.3) is 5.91 Å². The Balaban J connectivity index is 2.23. The number of likely N-dealkylation sites (tertiary alicyclic amines) is 1. The maximum atomic E-state index is 12.6. The van der Waals surface area contributed by atoms with Crippen LogP contribution in [-0.2, 0) is 0 Å². The summed E-state index contributed by atoms with van der Waals surface area (Å²) in [6.07, 6.45) is 4.48. The third kappa shape index (κ3) is 3.36. The molecule has 1 aliphatic heterocycles. The molecule has 0 N–H and O–H groups in total. The van der Waals surface area contributed by atoms with Crippen molar-refractivity contribution < 1.29 is 4.79 Å². The number of alkyl halides is 1. The number of rotatable bonds is 2. The molecule has 1 heterocycles. The fourth-order valence-electron chi connectivity index (χ4n) is 2.49. The molecule has 1 amide bonds. The first kappa shape index (κ1) is 14.1. The highest BCUT2D eigenvalue weighted by atomic mass is 79.9. The summed E-state index contributed by atoms with van der Waals surface area (Å²) >= 11 is 3.51. The van der Waals surface area contributed by atoms with Gasteiger partial charge in [-0.25, -0.2) is 0 Å². The molecule has 2 rings (SSSR count). The lowest BCUT2D eigenvalue weighted by molar-refractivity contribution is 0.0702. The van der Waals surface area contributed by atoms with Gasteiger partial charge in [0, 0.05) is 23.5 Å². The van der Waals surface area contributed by atoms with Gasteiger partial charge in [0.15, 0.2) is 0 Å². The van der Waals surface area contributed by atoms with E-state index in [-0.39, 0.29) is 11.9 Å². The van der Waals surface area contributed by atoms with Crippen LogP contribution < -0.4 is 0 Å². The number of hydrogen-bond acceptors (Lipinski definition) is 2. The predicted octanol–water partition coefficient (Wildman–Crippen LogP) is 3.34. The molecular formula is C15H17BrN2O. The summed E-state index contributed by atoms with van der Waals surface area (Å²) in [6.45, 7) is 0.811. The van der Waals surface area contributed by atoms with Gasteiger partial charge in [-0.2, -0.15) is 5.26 Å². The van der Waals surface area contributed by atoms with Crippen LogP contribution in [-0.4, -0.2) is 28.7 Å². The van der Waals surface area contributed by atoms with E-state index in [2.05, 4.69) is 22.0 Å². The minimum Gasteiger partial charge on any atom is -0.335 e. The van der Waals surface area contributed by atoms with E-state index in [9.17, 15) is 4.79 Å². The number of carbonyl (C=O) groups excluding carboxylic acids is 1. The van der Waals surface area contributed by atoms with Crippen molar-refractivity contribution in [2.45, 2.75) is 31.7 Å². The molecule has 100 valence electrons. The Kier molecular flexibility index (Phi) is 4.98. The Labute approximate surface area is 122 Å². The summed E-state index contributed by atoms with van der Waals surface area (Å²) in [7, 11) is 0. The first-order valence-electron chi connectivity index (χ1n) is 6.63. The van der Waals surface area contributed by atoms with E-state index < -0.39 is 0 Å². The number of benzene rings is 1. The number of nitrogens with zero attached hydrogens (tertiary/aromatic N) is 2. The second-order valence-electron chi connectivity index (χ2n) is 4.85. The molecule has 1 saturated heterocycles. The third-order valence-electron chi connectivity index (χ3n) is 3.55. The lowest BCUT2D eigenvalue weighted by atomic mass is 10.1. The summed E-state index contributed by atoms with van der Waals surface area (Å²) in [5, 5.41) is 9.73. The summed E-state index contributed by atoms with van der Waals surface area (Å²) < 4.78 is 0. The van der Waals surface area contributed by atoms with Gasteiger partial charge in [0.1, 0.15) is 0 Å². The van der Waals surface area contributed by atoms with Gasteiger partial charge in [-0.1, -0.05) is 34.8 Å². The van der Waals surface area contributed by atoms with Crippen LogP contribution in [0.2, 0.25) is 0 Å². The van der Waals surface area contributed by atoms with Gasteiger partial charge in [-0.3, -0.25) is 4.79 Å². The molecular weight excluding hydrogens is 304 g/mol. The van der Waals surface area contributed by atoms with Crippen LogP contribution >= 0.6 is 15.9 Å². The van der Waals surface area contributed by atoms with E-state index in [1.54, 1.807) is 24.3 Å². The fraction of sp³-hybridized carbons (Fsp3) is 0.467. The largest absolute Gasteiger partial charge is 0.335 e. The van der Waals surface area contributed by atoms with Crippen molar-refractivity contribution in [2.24, 2.45) is 0 Å². The van der Waals surface area contributed by atoms with Gasteiger partial charge in [0.2, 0.25) is 0 Å². The molecule has 0 bridgehead atoms. The van der Waals surface area contributed by atoms with Gasteiger partial charge >= 0.3 is 0 Å². The van der Waals surface area contributed by atoms with E-state index in [0.717, 1.165) is 24.7 Å². The first-order valence-corrected chi connectivity index (χ1v) is 7.75. The maximum Gasteiger partial charge on any atom is 0.254 e. The van der Waals surface area contributed by atoms with Crippen molar-refractivity contribution >= 4 is 21.8 Å². The summed E-state index contributed by atoms with van der Waals surface area (Å²) in [6, 6.07) is 9.31. The number of nitriles is 1. The van der Waals surface area contributed by atoms with Gasteiger partial charge in [-0.15, -0.1) is 0 Å². The zero-order valence-corrected chi connectivity index (χ0v) is 12.4. The van der Waals surface area contributed by atoms with Crippen LogP contribution in [0.5, 0.6) is 0 Å². The average Bonchev–Trinajstić information content (AvgIpc) is 2.71. The van der Waals surface area contributed by atoms with Crippen molar-refractivity contribution in [3.63, 3.8) is 0 Å². The SMILES string of the molecule is N#Cc1cccc(C(=O)N2CCCCCC2CBr)c1. The molecule has 0 spiro atoms. The van der Waals surface area contributed by atoms with Crippen molar-refractivity contribution in [3.8, 4) is 6.07 Å². The summed E-state index contributed by atoms with van der Waals surface area (Å²) in [4.78, 5) is 14.5. The van der Waals surface area contributed by atoms with Crippen LogP contribution in [0.4, 0.5) is 0 Å². The molecule has 0 aromatic heterocycles. The highest BCUT2D eigenvalue weighted by Crippen LogP contribution is 2.21. The lowest BCUT2D eigenvalue weighted by Gasteiger charge is -2.28. The number of carbonyl (C=O) groups is 1. The molecule has 1 atom stereocenters. The Morgan fingerprint density at radius 1 is 1.42 bits per heavy atom. The Hall–Kier alpha value is -1.34. The van der Waals surface area contributed by atoms with E-state index in [1.165, 1.54) is 12.8 Å². The first-order chi connectivity index (χ1) is 9.26. The molecule has 1 aromatic carbocycles. The minimum atomic E-state index is 0.0449. The van der Waals surface area contributed by atoms with Crippen molar-refractivity contribution in [2.75, 3.05) is 11.9 Å². The molecule has 19 heavy (non-hydrogen) atoms. The lowest BCUT2D eigenvalue weighted by Crippen LogP contribution is -2.41. The summed E-state index contributed by atoms with van der Waals surface area (Å²) in [5.74, 6) is 0.0449. The Morgan fingerprint density at radius 3 is 3.00 bits per heavy atom. The maximum absolute atomic E-state index is 12.6. The predicted molar refractivity (Wildman–Crippen MR) is 78.2 cm³/mol. The van der Waals surface area contributed by atoms with Gasteiger partial charge < -0.3 is 4.90 Å². The molecule has 1 aromatic rings. The van der Waals surface area contributed by atoms with Crippen molar-refractivity contribution in [1.82, 2.24) is 4.90 Å². The number of amides is 1. The Morgan fingerprint density at radius 2 is 2.26 bits per heavy atom. The topological polar surface area (TPSA) is 44.1 Å². The van der Waals surface area contributed by atoms with Crippen molar-refractivity contribution in [1.29, 1.82) is 5.26 Å². The van der Waals surface area contributed by atoms with Crippen LogP contribution in [0, 0.1) is 11.3 Å². The van der Waals surface area contributed by atoms with Crippen LogP contribution in [0.15, 0.2) is 24.3 Å². The van der Waals surface area contributed by atoms with Gasteiger partial charge in [0.05, 0.1) is 11.6 Å². The third-order valence-corrected chi connectivity index (χ3v) is 4.30. The molecule has 0 saturated carbocycles. The highest BCUT2D eigenvalue weighted by molar-refractivity contribution is 9.09. The average molecular weight is 321 g/mol. The van der Waals surface area contributed by atoms with E-state index >= 15 is 0 Å². The van der Waals surface area contributed by atoms with Crippen molar-refractivity contribution in [3.05, 3.63) is 35.4 Å². The quantitative estimate of drug-likeness (QED) is 0.784. The molecule has 4 heteroatoms. The normalized spacial score (nSPS) is 19.6. The molecule has 0 aliphatic carbocycles. The fourth-order valence-corrected chi connectivity index (χ4v) is 3.17. The molecule has 1 unspecified atom stereocenters. The van der Waals surface area contributed by atoms with E-state index in [1.807, 2.05) is 4.90 Å². The minimum absolute atomic E-state index is 0.0449.